The smallest absolute Gasteiger partial charge is 0.138 e. The van der Waals surface area contributed by atoms with Crippen LogP contribution in [0.5, 0.6) is 0 Å². The van der Waals surface area contributed by atoms with Crippen LogP contribution in [0.25, 0.3) is 22.2 Å². The van der Waals surface area contributed by atoms with Crippen molar-refractivity contribution in [2.24, 2.45) is 0 Å². The first-order chi connectivity index (χ1) is 8.40. The number of H-pyrrole nitrogens is 1. The molecular weight excluding hydrogens is 208 g/mol. The van der Waals surface area contributed by atoms with E-state index in [2.05, 4.69) is 53.3 Å². The summed E-state index contributed by atoms with van der Waals surface area (Å²) in [6, 6.07) is 12.8. The molecule has 1 heterocycles. The van der Waals surface area contributed by atoms with E-state index in [1.165, 1.54) is 21.9 Å². The van der Waals surface area contributed by atoms with Crippen LogP contribution in [-0.4, -0.2) is 9.97 Å². The molecule has 2 nitrogen and oxygen atoms in total. The van der Waals surface area contributed by atoms with Crippen molar-refractivity contribution in [2.75, 3.05) is 0 Å². The number of nitrogens with one attached hydrogen (secondary N) is 1. The van der Waals surface area contributed by atoms with Gasteiger partial charge < -0.3 is 4.98 Å². The lowest BCUT2D eigenvalue weighted by molar-refractivity contribution is 1.14. The first kappa shape index (κ1) is 10.1. The molecule has 0 bridgehead atoms. The zero-order valence-electron chi connectivity index (χ0n) is 9.77. The second-order valence-electron chi connectivity index (χ2n) is 4.11. The van der Waals surface area contributed by atoms with Gasteiger partial charge >= 0.3 is 0 Å². The number of imidazole rings is 1. The third kappa shape index (κ3) is 1.62. The number of aromatic amines is 1. The number of aromatic nitrogens is 2. The maximum absolute atomic E-state index is 4.39. The fourth-order valence-electron chi connectivity index (χ4n) is 2.29. The van der Waals surface area contributed by atoms with Crippen molar-refractivity contribution in [2.45, 2.75) is 13.3 Å². The van der Waals surface area contributed by atoms with Crippen molar-refractivity contribution in [3.63, 3.8) is 0 Å². The van der Waals surface area contributed by atoms with Crippen LogP contribution < -0.4 is 0 Å². The molecule has 0 aliphatic rings. The maximum atomic E-state index is 4.39. The van der Waals surface area contributed by atoms with Gasteiger partial charge in [-0.3, -0.25) is 0 Å². The van der Waals surface area contributed by atoms with Gasteiger partial charge in [-0.25, -0.2) is 4.98 Å². The van der Waals surface area contributed by atoms with Crippen LogP contribution in [0.15, 0.2) is 48.8 Å². The molecule has 1 N–H and O–H groups in total. The Morgan fingerprint density at radius 2 is 2.00 bits per heavy atom. The van der Waals surface area contributed by atoms with Crippen LogP contribution in [-0.2, 0) is 6.42 Å². The molecule has 0 fully saturated rings. The van der Waals surface area contributed by atoms with Crippen LogP contribution in [0, 0.1) is 0 Å². The number of hydrogen-bond donors (Lipinski definition) is 1. The molecule has 3 aromatic rings. The first-order valence-corrected chi connectivity index (χ1v) is 5.90. The molecule has 0 saturated carbocycles. The summed E-state index contributed by atoms with van der Waals surface area (Å²) in [6.07, 6.45) is 4.69. The van der Waals surface area contributed by atoms with Crippen LogP contribution in [0.2, 0.25) is 0 Å². The lowest BCUT2D eigenvalue weighted by Gasteiger charge is -2.09. The fraction of sp³-hybridized carbons (Fsp3) is 0.133. The highest BCUT2D eigenvalue weighted by atomic mass is 14.9. The molecule has 0 aliphatic carbocycles. The van der Waals surface area contributed by atoms with Crippen molar-refractivity contribution >= 4 is 10.8 Å². The van der Waals surface area contributed by atoms with E-state index >= 15 is 0 Å². The van der Waals surface area contributed by atoms with Crippen molar-refractivity contribution in [3.8, 4) is 11.4 Å². The number of fused-ring (bicyclic) bond motifs is 1. The first-order valence-electron chi connectivity index (χ1n) is 5.90. The van der Waals surface area contributed by atoms with Crippen molar-refractivity contribution in [1.29, 1.82) is 0 Å². The standard InChI is InChI=1S/C15H14N2/c1-2-11-7-8-12-5-3-4-6-13(12)14(11)15-16-9-10-17-15/h3-10H,2H2,1H3,(H,16,17). The second-order valence-corrected chi connectivity index (χ2v) is 4.11. The van der Waals surface area contributed by atoms with E-state index in [1.54, 1.807) is 6.20 Å². The molecule has 0 aliphatic heterocycles. The summed E-state index contributed by atoms with van der Waals surface area (Å²) in [7, 11) is 0. The summed E-state index contributed by atoms with van der Waals surface area (Å²) in [6.45, 7) is 2.18. The lowest BCUT2D eigenvalue weighted by atomic mass is 9.97. The zero-order chi connectivity index (χ0) is 11.7. The van der Waals surface area contributed by atoms with Gasteiger partial charge in [0.25, 0.3) is 0 Å². The Kier molecular flexibility index (Phi) is 2.41. The van der Waals surface area contributed by atoms with Crippen LogP contribution in [0.3, 0.4) is 0 Å². The molecule has 17 heavy (non-hydrogen) atoms. The Balaban J connectivity index is 2.39. The molecule has 3 rings (SSSR count). The summed E-state index contributed by atoms with van der Waals surface area (Å²) in [4.78, 5) is 7.60. The minimum absolute atomic E-state index is 0.957. The second kappa shape index (κ2) is 4.06. The van der Waals surface area contributed by atoms with Crippen LogP contribution in [0.4, 0.5) is 0 Å². The number of rotatable bonds is 2. The van der Waals surface area contributed by atoms with E-state index in [4.69, 9.17) is 0 Å². The molecule has 0 saturated heterocycles. The molecule has 84 valence electrons. The third-order valence-corrected chi connectivity index (χ3v) is 3.13. The molecular formula is C15H14N2. The van der Waals surface area contributed by atoms with E-state index in [-0.39, 0.29) is 0 Å². The molecule has 0 atom stereocenters. The molecule has 0 amide bonds. The summed E-state index contributed by atoms with van der Waals surface area (Å²) >= 11 is 0. The van der Waals surface area contributed by atoms with E-state index in [0.29, 0.717) is 0 Å². The van der Waals surface area contributed by atoms with Gasteiger partial charge in [0.05, 0.1) is 0 Å². The van der Waals surface area contributed by atoms with Gasteiger partial charge in [-0.15, -0.1) is 0 Å². The minimum Gasteiger partial charge on any atom is -0.345 e. The third-order valence-electron chi connectivity index (χ3n) is 3.13. The van der Waals surface area contributed by atoms with Gasteiger partial charge in [0.15, 0.2) is 0 Å². The molecule has 0 radical (unpaired) electrons. The molecule has 0 spiro atoms. The Morgan fingerprint density at radius 1 is 1.12 bits per heavy atom. The Labute approximate surface area is 100 Å². The monoisotopic (exact) mass is 222 g/mol. The average molecular weight is 222 g/mol. The highest BCUT2D eigenvalue weighted by molar-refractivity contribution is 5.96. The fourth-order valence-corrected chi connectivity index (χ4v) is 2.29. The molecule has 0 unspecified atom stereocenters. The summed E-state index contributed by atoms with van der Waals surface area (Å²) < 4.78 is 0. The summed E-state index contributed by atoms with van der Waals surface area (Å²) in [5.41, 5.74) is 2.56. The summed E-state index contributed by atoms with van der Waals surface area (Å²) in [5, 5.41) is 2.53. The van der Waals surface area contributed by atoms with Crippen molar-refractivity contribution in [1.82, 2.24) is 9.97 Å². The van der Waals surface area contributed by atoms with Crippen molar-refractivity contribution < 1.29 is 0 Å². The zero-order valence-corrected chi connectivity index (χ0v) is 9.77. The van der Waals surface area contributed by atoms with Gasteiger partial charge in [-0.05, 0) is 22.8 Å². The van der Waals surface area contributed by atoms with Gasteiger partial charge in [-0.1, -0.05) is 43.3 Å². The largest absolute Gasteiger partial charge is 0.345 e. The van der Waals surface area contributed by atoms with Gasteiger partial charge in [0.1, 0.15) is 5.82 Å². The van der Waals surface area contributed by atoms with E-state index in [0.717, 1.165) is 12.2 Å². The Morgan fingerprint density at radius 3 is 2.76 bits per heavy atom. The normalized spacial score (nSPS) is 10.9. The Bertz CT molecular complexity index is 639. The predicted molar refractivity (Wildman–Crippen MR) is 70.9 cm³/mol. The van der Waals surface area contributed by atoms with Crippen molar-refractivity contribution in [3.05, 3.63) is 54.4 Å². The minimum atomic E-state index is 0.957. The quantitative estimate of drug-likeness (QED) is 0.702. The lowest BCUT2D eigenvalue weighted by Crippen LogP contribution is -1.91. The van der Waals surface area contributed by atoms with E-state index < -0.39 is 0 Å². The molecule has 1 aromatic heterocycles. The van der Waals surface area contributed by atoms with Gasteiger partial charge in [0, 0.05) is 18.0 Å². The highest BCUT2D eigenvalue weighted by Gasteiger charge is 2.10. The van der Waals surface area contributed by atoms with E-state index in [1.807, 2.05) is 6.20 Å². The number of benzene rings is 2. The topological polar surface area (TPSA) is 28.7 Å². The highest BCUT2D eigenvalue weighted by Crippen LogP contribution is 2.30. The van der Waals surface area contributed by atoms with Gasteiger partial charge in [0.2, 0.25) is 0 Å². The maximum Gasteiger partial charge on any atom is 0.138 e. The van der Waals surface area contributed by atoms with Crippen LogP contribution in [0.1, 0.15) is 12.5 Å². The van der Waals surface area contributed by atoms with Gasteiger partial charge in [-0.2, -0.15) is 0 Å². The number of nitrogens with zero attached hydrogens (tertiary/aromatic N) is 1. The predicted octanol–water partition coefficient (Wildman–Crippen LogP) is 3.79. The average Bonchev–Trinajstić information content (AvgIpc) is 2.91. The number of hydrogen-bond acceptors (Lipinski definition) is 1. The molecule has 2 aromatic carbocycles. The molecule has 2 heteroatoms. The number of aryl methyl sites for hydroxylation is 1. The SMILES string of the molecule is CCc1ccc2ccccc2c1-c1ncc[nH]1. The van der Waals surface area contributed by atoms with Crippen LogP contribution >= 0.6 is 0 Å². The summed E-state index contributed by atoms with van der Waals surface area (Å²) in [5.74, 6) is 0.957. The Hall–Kier alpha value is -2.09. The van der Waals surface area contributed by atoms with E-state index in [9.17, 15) is 0 Å².